The van der Waals surface area contributed by atoms with Crippen molar-refractivity contribution in [1.29, 1.82) is 0 Å². The predicted molar refractivity (Wildman–Crippen MR) is 85.9 cm³/mol. The molecular formula is C20H16. The van der Waals surface area contributed by atoms with Crippen molar-refractivity contribution in [3.63, 3.8) is 0 Å². The Hall–Kier alpha value is -2.08. The van der Waals surface area contributed by atoms with Gasteiger partial charge < -0.3 is 0 Å². The quantitative estimate of drug-likeness (QED) is 0.474. The number of hydrogen-bond acceptors (Lipinski definition) is 0. The van der Waals surface area contributed by atoms with Crippen LogP contribution in [0.2, 0.25) is 0 Å². The van der Waals surface area contributed by atoms with Crippen LogP contribution in [0.5, 0.6) is 0 Å². The van der Waals surface area contributed by atoms with Gasteiger partial charge in [0.05, 0.1) is 0 Å². The highest BCUT2D eigenvalue weighted by molar-refractivity contribution is 6.13. The van der Waals surface area contributed by atoms with E-state index in [2.05, 4.69) is 67.6 Å². The number of rotatable bonds is 0. The molecule has 5 rings (SSSR count). The van der Waals surface area contributed by atoms with Crippen LogP contribution < -0.4 is 0 Å². The van der Waals surface area contributed by atoms with E-state index in [-0.39, 0.29) is 0 Å². The molecule has 3 aromatic carbocycles. The molecule has 0 radical (unpaired) electrons. The first-order valence-corrected chi connectivity index (χ1v) is 7.48. The Morgan fingerprint density at radius 3 is 2.10 bits per heavy atom. The first-order chi connectivity index (χ1) is 9.86. The molecule has 0 amide bonds. The molecule has 0 spiro atoms. The fourth-order valence-electron chi connectivity index (χ4n) is 4.19. The Morgan fingerprint density at radius 2 is 1.35 bits per heavy atom. The molecule has 0 saturated heterocycles. The highest BCUT2D eigenvalue weighted by Crippen LogP contribution is 2.60. The van der Waals surface area contributed by atoms with Gasteiger partial charge in [-0.15, -0.1) is 0 Å². The fraction of sp³-hybridized carbons (Fsp3) is 0.200. The Morgan fingerprint density at radius 1 is 0.750 bits per heavy atom. The maximum atomic E-state index is 2.43. The van der Waals surface area contributed by atoms with E-state index in [9.17, 15) is 0 Å². The monoisotopic (exact) mass is 256 g/mol. The van der Waals surface area contributed by atoms with Gasteiger partial charge in [0, 0.05) is 0 Å². The topological polar surface area (TPSA) is 0 Å². The summed E-state index contributed by atoms with van der Waals surface area (Å²) < 4.78 is 0. The number of hydrogen-bond donors (Lipinski definition) is 0. The van der Waals surface area contributed by atoms with Crippen LogP contribution in [0.25, 0.3) is 27.6 Å². The van der Waals surface area contributed by atoms with E-state index in [1.54, 1.807) is 5.56 Å². The van der Waals surface area contributed by atoms with Crippen molar-refractivity contribution in [2.75, 3.05) is 0 Å². The van der Waals surface area contributed by atoms with Crippen molar-refractivity contribution in [1.82, 2.24) is 0 Å². The van der Waals surface area contributed by atoms with E-state index in [0.717, 1.165) is 17.8 Å². The lowest BCUT2D eigenvalue weighted by molar-refractivity contribution is 0.893. The normalized spacial score (nSPS) is 26.6. The van der Waals surface area contributed by atoms with Crippen LogP contribution in [0, 0.1) is 11.8 Å². The molecule has 0 N–H and O–H groups in total. The second kappa shape index (κ2) is 3.52. The van der Waals surface area contributed by atoms with Crippen LogP contribution in [0.4, 0.5) is 0 Å². The third kappa shape index (κ3) is 1.17. The van der Waals surface area contributed by atoms with Gasteiger partial charge in [-0.1, -0.05) is 67.6 Å². The van der Waals surface area contributed by atoms with Gasteiger partial charge in [-0.3, -0.25) is 0 Å². The van der Waals surface area contributed by atoms with Gasteiger partial charge in [-0.2, -0.15) is 0 Å². The molecule has 3 aromatic rings. The van der Waals surface area contributed by atoms with E-state index in [1.165, 1.54) is 27.1 Å². The van der Waals surface area contributed by atoms with Gasteiger partial charge in [-0.05, 0) is 50.4 Å². The summed E-state index contributed by atoms with van der Waals surface area (Å²) in [6.07, 6.45) is 4.80. The molecule has 0 aliphatic heterocycles. The van der Waals surface area contributed by atoms with E-state index in [1.807, 2.05) is 0 Å². The summed E-state index contributed by atoms with van der Waals surface area (Å²) in [5.74, 6) is 2.31. The maximum absolute atomic E-state index is 2.43. The van der Waals surface area contributed by atoms with Crippen molar-refractivity contribution >= 4 is 27.6 Å². The molecule has 2 aliphatic rings. The summed E-state index contributed by atoms with van der Waals surface area (Å²) in [5.41, 5.74) is 3.06. The highest BCUT2D eigenvalue weighted by Gasteiger charge is 2.49. The van der Waals surface area contributed by atoms with E-state index in [0.29, 0.717) is 0 Å². The minimum atomic E-state index is 0.740. The highest BCUT2D eigenvalue weighted by atomic mass is 14.5. The largest absolute Gasteiger partial charge is 0.0799 e. The zero-order chi connectivity index (χ0) is 13.3. The first-order valence-electron chi connectivity index (χ1n) is 7.48. The van der Waals surface area contributed by atoms with E-state index < -0.39 is 0 Å². The average molecular weight is 256 g/mol. The number of benzene rings is 3. The van der Waals surface area contributed by atoms with Gasteiger partial charge in [0.15, 0.2) is 0 Å². The van der Waals surface area contributed by atoms with Crippen molar-refractivity contribution in [3.05, 3.63) is 65.7 Å². The fourth-order valence-corrected chi connectivity index (χ4v) is 4.19. The molecule has 0 aromatic heterocycles. The van der Waals surface area contributed by atoms with Crippen molar-refractivity contribution in [2.24, 2.45) is 11.8 Å². The minimum absolute atomic E-state index is 0.740. The summed E-state index contributed by atoms with van der Waals surface area (Å²) in [6.45, 7) is 2.39. The Kier molecular flexibility index (Phi) is 1.88. The van der Waals surface area contributed by atoms with Crippen LogP contribution in [-0.4, -0.2) is 0 Å². The minimum Gasteiger partial charge on any atom is -0.0799 e. The predicted octanol–water partition coefficient (Wildman–Crippen LogP) is 5.37. The van der Waals surface area contributed by atoms with Crippen LogP contribution >= 0.6 is 0 Å². The summed E-state index contributed by atoms with van der Waals surface area (Å²) >= 11 is 0. The lowest BCUT2D eigenvalue weighted by Crippen LogP contribution is -1.96. The zero-order valence-electron chi connectivity index (χ0n) is 11.5. The number of fused-ring (bicyclic) bond motifs is 8. The van der Waals surface area contributed by atoms with Gasteiger partial charge in [-0.25, -0.2) is 0 Å². The standard InChI is InChI=1S/C20H16/c1-12-13-10-11-18-16-8-3-2-6-14(16)15-7-4-5-9-17(15)20(18)19(12)13/h2-13,19H,1H3. The van der Waals surface area contributed by atoms with Crippen molar-refractivity contribution in [3.8, 4) is 0 Å². The summed E-state index contributed by atoms with van der Waals surface area (Å²) in [6, 6.07) is 17.8. The Balaban J connectivity index is 2.05. The van der Waals surface area contributed by atoms with Gasteiger partial charge in [0.2, 0.25) is 0 Å². The smallest absolute Gasteiger partial charge is 0.00523 e. The van der Waals surface area contributed by atoms with Crippen LogP contribution in [-0.2, 0) is 0 Å². The van der Waals surface area contributed by atoms with Crippen LogP contribution in [0.1, 0.15) is 24.0 Å². The molecule has 0 bridgehead atoms. The molecule has 3 unspecified atom stereocenters. The summed E-state index contributed by atoms with van der Waals surface area (Å²) in [7, 11) is 0. The molecular weight excluding hydrogens is 240 g/mol. The lowest BCUT2D eigenvalue weighted by Gasteiger charge is -2.17. The lowest BCUT2D eigenvalue weighted by atomic mass is 9.86. The SMILES string of the molecule is CC1C2C=Cc3c(c4ccccc4c4ccccc34)C12. The maximum Gasteiger partial charge on any atom is -0.00523 e. The van der Waals surface area contributed by atoms with E-state index >= 15 is 0 Å². The van der Waals surface area contributed by atoms with E-state index in [4.69, 9.17) is 0 Å². The Bertz CT molecular complexity index is 885. The third-order valence-corrected chi connectivity index (χ3v) is 5.28. The average Bonchev–Trinajstić information content (AvgIpc) is 3.18. The zero-order valence-corrected chi connectivity index (χ0v) is 11.5. The molecule has 1 fully saturated rings. The first kappa shape index (κ1) is 10.7. The van der Waals surface area contributed by atoms with Gasteiger partial charge >= 0.3 is 0 Å². The molecule has 3 atom stereocenters. The van der Waals surface area contributed by atoms with Gasteiger partial charge in [0.25, 0.3) is 0 Å². The molecule has 20 heavy (non-hydrogen) atoms. The number of allylic oxidation sites excluding steroid dienone is 1. The summed E-state index contributed by atoms with van der Waals surface area (Å²) in [4.78, 5) is 0. The van der Waals surface area contributed by atoms with Crippen LogP contribution in [0.15, 0.2) is 54.6 Å². The van der Waals surface area contributed by atoms with Crippen LogP contribution in [0.3, 0.4) is 0 Å². The third-order valence-electron chi connectivity index (χ3n) is 5.28. The van der Waals surface area contributed by atoms with Crippen molar-refractivity contribution in [2.45, 2.75) is 12.8 Å². The molecule has 96 valence electrons. The van der Waals surface area contributed by atoms with Crippen molar-refractivity contribution < 1.29 is 0 Å². The molecule has 1 saturated carbocycles. The Labute approximate surface area is 118 Å². The molecule has 2 aliphatic carbocycles. The van der Waals surface area contributed by atoms with Gasteiger partial charge in [0.1, 0.15) is 0 Å². The summed E-state index contributed by atoms with van der Waals surface area (Å²) in [5, 5.41) is 5.67. The molecule has 0 heteroatoms. The molecule has 0 heterocycles. The second-order valence-electron chi connectivity index (χ2n) is 6.24. The molecule has 0 nitrogen and oxygen atoms in total. The second-order valence-corrected chi connectivity index (χ2v) is 6.24.